The van der Waals surface area contributed by atoms with Gasteiger partial charge in [0.1, 0.15) is 5.82 Å². The number of anilines is 2. The summed E-state index contributed by atoms with van der Waals surface area (Å²) < 4.78 is 5.12. The van der Waals surface area contributed by atoms with Crippen molar-refractivity contribution < 1.29 is 4.74 Å². The number of hydrogen-bond acceptors (Lipinski definition) is 4. The second kappa shape index (κ2) is 5.94. The molecule has 0 saturated heterocycles. The zero-order valence-electron chi connectivity index (χ0n) is 11.3. The van der Waals surface area contributed by atoms with Gasteiger partial charge in [-0.2, -0.15) is 4.98 Å². The van der Waals surface area contributed by atoms with E-state index < -0.39 is 0 Å². The SMILES string of the molecule is COc1nc(NCC2CCC(C)CC2)ccc1N. The van der Waals surface area contributed by atoms with E-state index in [-0.39, 0.29) is 0 Å². The number of ether oxygens (including phenoxy) is 1. The van der Waals surface area contributed by atoms with Crippen molar-refractivity contribution >= 4 is 11.5 Å². The van der Waals surface area contributed by atoms with Gasteiger partial charge in [-0.15, -0.1) is 0 Å². The van der Waals surface area contributed by atoms with Gasteiger partial charge in [-0.3, -0.25) is 0 Å². The van der Waals surface area contributed by atoms with Gasteiger partial charge in [0, 0.05) is 6.54 Å². The molecule has 1 fully saturated rings. The van der Waals surface area contributed by atoms with Gasteiger partial charge in [0.2, 0.25) is 5.88 Å². The molecule has 4 nitrogen and oxygen atoms in total. The minimum atomic E-state index is 0.497. The van der Waals surface area contributed by atoms with Crippen LogP contribution in [0.2, 0.25) is 0 Å². The Morgan fingerprint density at radius 3 is 2.72 bits per heavy atom. The zero-order chi connectivity index (χ0) is 13.0. The molecule has 1 aliphatic rings. The molecule has 0 aliphatic heterocycles. The highest BCUT2D eigenvalue weighted by Crippen LogP contribution is 2.28. The molecule has 3 N–H and O–H groups in total. The van der Waals surface area contributed by atoms with Crippen LogP contribution in [0.1, 0.15) is 32.6 Å². The third kappa shape index (κ3) is 3.28. The molecule has 0 aromatic carbocycles. The largest absolute Gasteiger partial charge is 0.479 e. The average molecular weight is 249 g/mol. The molecule has 1 aromatic heterocycles. The van der Waals surface area contributed by atoms with E-state index in [4.69, 9.17) is 10.5 Å². The van der Waals surface area contributed by atoms with Crippen molar-refractivity contribution in [3.8, 4) is 5.88 Å². The van der Waals surface area contributed by atoms with Crippen LogP contribution < -0.4 is 15.8 Å². The van der Waals surface area contributed by atoms with Crippen LogP contribution >= 0.6 is 0 Å². The molecule has 2 rings (SSSR count). The number of nitrogens with two attached hydrogens (primary N) is 1. The summed E-state index contributed by atoms with van der Waals surface area (Å²) in [6, 6.07) is 3.74. The van der Waals surface area contributed by atoms with Crippen molar-refractivity contribution in [2.45, 2.75) is 32.6 Å². The van der Waals surface area contributed by atoms with E-state index in [1.165, 1.54) is 25.7 Å². The second-order valence-electron chi connectivity index (χ2n) is 5.30. The van der Waals surface area contributed by atoms with Crippen LogP contribution in [-0.2, 0) is 0 Å². The highest BCUT2D eigenvalue weighted by atomic mass is 16.5. The summed E-state index contributed by atoms with van der Waals surface area (Å²) in [7, 11) is 1.59. The summed E-state index contributed by atoms with van der Waals surface area (Å²) in [6.07, 6.45) is 5.34. The van der Waals surface area contributed by atoms with Gasteiger partial charge >= 0.3 is 0 Å². The summed E-state index contributed by atoms with van der Waals surface area (Å²) >= 11 is 0. The first-order valence-corrected chi connectivity index (χ1v) is 6.73. The molecule has 1 saturated carbocycles. The Kier molecular flexibility index (Phi) is 4.28. The minimum absolute atomic E-state index is 0.497. The molecular formula is C14H23N3O. The average Bonchev–Trinajstić information content (AvgIpc) is 2.39. The van der Waals surface area contributed by atoms with Crippen LogP contribution in [0.15, 0.2) is 12.1 Å². The van der Waals surface area contributed by atoms with Crippen LogP contribution in [0.5, 0.6) is 5.88 Å². The standard InChI is InChI=1S/C14H23N3O/c1-10-3-5-11(6-4-10)9-16-13-8-7-12(15)14(17-13)18-2/h7-8,10-11H,3-6,9,15H2,1-2H3,(H,16,17). The zero-order valence-corrected chi connectivity index (χ0v) is 11.3. The minimum Gasteiger partial charge on any atom is -0.479 e. The van der Waals surface area contributed by atoms with E-state index in [2.05, 4.69) is 17.2 Å². The maximum absolute atomic E-state index is 5.74. The molecule has 1 aliphatic carbocycles. The summed E-state index contributed by atoms with van der Waals surface area (Å²) in [5.41, 5.74) is 6.32. The topological polar surface area (TPSA) is 60.2 Å². The van der Waals surface area contributed by atoms with Gasteiger partial charge in [0.15, 0.2) is 0 Å². The summed E-state index contributed by atoms with van der Waals surface area (Å²) in [5, 5.41) is 3.38. The summed E-state index contributed by atoms with van der Waals surface area (Å²) in [4.78, 5) is 4.33. The molecule has 1 heterocycles. The summed E-state index contributed by atoms with van der Waals surface area (Å²) in [5.74, 6) is 3.01. The lowest BCUT2D eigenvalue weighted by atomic mass is 9.83. The van der Waals surface area contributed by atoms with E-state index >= 15 is 0 Å². The lowest BCUT2D eigenvalue weighted by Crippen LogP contribution is -2.20. The van der Waals surface area contributed by atoms with E-state index in [1.54, 1.807) is 7.11 Å². The van der Waals surface area contributed by atoms with Crippen LogP contribution in [0, 0.1) is 11.8 Å². The van der Waals surface area contributed by atoms with Crippen LogP contribution in [-0.4, -0.2) is 18.6 Å². The Morgan fingerprint density at radius 1 is 1.33 bits per heavy atom. The number of aromatic nitrogens is 1. The second-order valence-corrected chi connectivity index (χ2v) is 5.30. The molecule has 4 heteroatoms. The number of rotatable bonds is 4. The maximum Gasteiger partial charge on any atom is 0.238 e. The van der Waals surface area contributed by atoms with E-state index in [0.29, 0.717) is 11.6 Å². The molecule has 0 amide bonds. The first kappa shape index (κ1) is 13.0. The predicted molar refractivity (Wildman–Crippen MR) is 74.8 cm³/mol. The fraction of sp³-hybridized carbons (Fsp3) is 0.643. The van der Waals surface area contributed by atoms with E-state index in [9.17, 15) is 0 Å². The third-order valence-electron chi connectivity index (χ3n) is 3.79. The highest BCUT2D eigenvalue weighted by Gasteiger charge is 2.18. The Labute approximate surface area is 109 Å². The van der Waals surface area contributed by atoms with Crippen molar-refractivity contribution in [1.29, 1.82) is 0 Å². The Bertz CT molecular complexity index is 387. The molecule has 0 bridgehead atoms. The van der Waals surface area contributed by atoms with Crippen LogP contribution in [0.4, 0.5) is 11.5 Å². The van der Waals surface area contributed by atoms with Crippen LogP contribution in [0.3, 0.4) is 0 Å². The molecular weight excluding hydrogens is 226 g/mol. The van der Waals surface area contributed by atoms with Crippen LogP contribution in [0.25, 0.3) is 0 Å². The number of hydrogen-bond donors (Lipinski definition) is 2. The smallest absolute Gasteiger partial charge is 0.238 e. The van der Waals surface area contributed by atoms with Crippen molar-refractivity contribution in [3.63, 3.8) is 0 Å². The lowest BCUT2D eigenvalue weighted by molar-refractivity contribution is 0.300. The van der Waals surface area contributed by atoms with Gasteiger partial charge in [-0.25, -0.2) is 0 Å². The first-order valence-electron chi connectivity index (χ1n) is 6.73. The first-order chi connectivity index (χ1) is 8.69. The van der Waals surface area contributed by atoms with Crippen molar-refractivity contribution in [2.24, 2.45) is 11.8 Å². The Hall–Kier alpha value is -1.45. The van der Waals surface area contributed by atoms with E-state index in [0.717, 1.165) is 24.2 Å². The quantitative estimate of drug-likeness (QED) is 0.861. The van der Waals surface area contributed by atoms with Crippen molar-refractivity contribution in [3.05, 3.63) is 12.1 Å². The fourth-order valence-electron chi connectivity index (χ4n) is 2.50. The molecule has 0 radical (unpaired) electrons. The Morgan fingerprint density at radius 2 is 2.06 bits per heavy atom. The lowest BCUT2D eigenvalue weighted by Gasteiger charge is -2.26. The molecule has 1 aromatic rings. The maximum atomic E-state index is 5.74. The van der Waals surface area contributed by atoms with Gasteiger partial charge in [0.05, 0.1) is 12.8 Å². The fourth-order valence-corrected chi connectivity index (χ4v) is 2.50. The van der Waals surface area contributed by atoms with Crippen molar-refractivity contribution in [1.82, 2.24) is 4.98 Å². The molecule has 100 valence electrons. The van der Waals surface area contributed by atoms with Gasteiger partial charge in [-0.05, 0) is 36.8 Å². The number of nitrogens with zero attached hydrogens (tertiary/aromatic N) is 1. The third-order valence-corrected chi connectivity index (χ3v) is 3.79. The number of nitrogens with one attached hydrogen (secondary N) is 1. The molecule has 18 heavy (non-hydrogen) atoms. The van der Waals surface area contributed by atoms with Gasteiger partial charge in [-0.1, -0.05) is 19.8 Å². The Balaban J connectivity index is 1.86. The van der Waals surface area contributed by atoms with Crippen molar-refractivity contribution in [2.75, 3.05) is 24.7 Å². The molecule has 0 unspecified atom stereocenters. The number of pyridine rings is 1. The highest BCUT2D eigenvalue weighted by molar-refractivity contribution is 5.53. The summed E-state index contributed by atoms with van der Waals surface area (Å²) in [6.45, 7) is 3.34. The monoisotopic (exact) mass is 249 g/mol. The van der Waals surface area contributed by atoms with Gasteiger partial charge < -0.3 is 15.8 Å². The number of nitrogen functional groups attached to an aromatic ring is 1. The normalized spacial score (nSPS) is 23.7. The number of methoxy groups -OCH3 is 1. The predicted octanol–water partition coefficient (Wildman–Crippen LogP) is 2.91. The van der Waals surface area contributed by atoms with E-state index in [1.807, 2.05) is 12.1 Å². The molecule has 0 spiro atoms. The van der Waals surface area contributed by atoms with Gasteiger partial charge in [0.25, 0.3) is 0 Å². The molecule has 0 atom stereocenters.